The molecular formula is C66H44N2. The number of aromatic nitrogens is 2. The molecule has 0 aliphatic rings. The van der Waals surface area contributed by atoms with Crippen molar-refractivity contribution in [1.82, 2.24) is 9.13 Å². The molecule has 0 saturated heterocycles. The van der Waals surface area contributed by atoms with E-state index < -0.39 is 0 Å². The SMILES string of the molecule is c1ccc(-c2cccc(-c3cccc(-c4cccc(-c5ccc(-c6ccc(-n7c8ccccc8c8cc(-c9ccc%10c(c9)c9ccccc9n%10-c9ccccc9)ccc87)cc6)cc5)c4)c3)c2)cc1. The zero-order valence-electron chi connectivity index (χ0n) is 37.3. The smallest absolute Gasteiger partial charge is 0.0541 e. The van der Waals surface area contributed by atoms with Gasteiger partial charge in [0.15, 0.2) is 0 Å². The topological polar surface area (TPSA) is 9.86 Å². The van der Waals surface area contributed by atoms with Crippen molar-refractivity contribution in [3.63, 3.8) is 0 Å². The number of fused-ring (bicyclic) bond motifs is 6. The van der Waals surface area contributed by atoms with E-state index in [0.29, 0.717) is 0 Å². The maximum absolute atomic E-state index is 2.41. The minimum Gasteiger partial charge on any atom is -0.309 e. The van der Waals surface area contributed by atoms with Gasteiger partial charge in [-0.2, -0.15) is 0 Å². The second-order valence-electron chi connectivity index (χ2n) is 17.7. The molecule has 0 saturated carbocycles. The molecule has 0 fully saturated rings. The van der Waals surface area contributed by atoms with E-state index in [9.17, 15) is 0 Å². The molecule has 0 amide bonds. The van der Waals surface area contributed by atoms with Gasteiger partial charge in [0.2, 0.25) is 0 Å². The highest BCUT2D eigenvalue weighted by atomic mass is 15.0. The van der Waals surface area contributed by atoms with Crippen molar-refractivity contribution >= 4 is 43.6 Å². The van der Waals surface area contributed by atoms with Gasteiger partial charge in [0.1, 0.15) is 0 Å². The third-order valence-electron chi connectivity index (χ3n) is 13.7. The predicted molar refractivity (Wildman–Crippen MR) is 288 cm³/mol. The molecular weight excluding hydrogens is 821 g/mol. The Kier molecular flexibility index (Phi) is 9.54. The fourth-order valence-electron chi connectivity index (χ4n) is 10.4. The maximum atomic E-state index is 2.41. The number of nitrogens with zero attached hydrogens (tertiary/aromatic N) is 2. The van der Waals surface area contributed by atoms with Gasteiger partial charge in [-0.15, -0.1) is 0 Å². The number of para-hydroxylation sites is 3. The van der Waals surface area contributed by atoms with Crippen LogP contribution in [0.5, 0.6) is 0 Å². The summed E-state index contributed by atoms with van der Waals surface area (Å²) in [4.78, 5) is 0. The molecule has 11 aromatic carbocycles. The summed E-state index contributed by atoms with van der Waals surface area (Å²) in [5, 5.41) is 5.01. The lowest BCUT2D eigenvalue weighted by molar-refractivity contribution is 1.18. The lowest BCUT2D eigenvalue weighted by Gasteiger charge is -2.11. The largest absolute Gasteiger partial charge is 0.309 e. The second-order valence-corrected chi connectivity index (χ2v) is 17.7. The van der Waals surface area contributed by atoms with Crippen LogP contribution < -0.4 is 0 Å². The third-order valence-corrected chi connectivity index (χ3v) is 13.7. The van der Waals surface area contributed by atoms with E-state index in [0.717, 1.165) is 5.69 Å². The summed E-state index contributed by atoms with van der Waals surface area (Å²) in [5.41, 5.74) is 21.6. The van der Waals surface area contributed by atoms with Crippen molar-refractivity contribution in [2.45, 2.75) is 0 Å². The second kappa shape index (κ2) is 16.5. The highest BCUT2D eigenvalue weighted by Crippen LogP contribution is 2.39. The zero-order chi connectivity index (χ0) is 45.0. The lowest BCUT2D eigenvalue weighted by atomic mass is 9.94. The van der Waals surface area contributed by atoms with Crippen LogP contribution in [0, 0.1) is 0 Å². The molecule has 13 aromatic rings. The molecule has 0 radical (unpaired) electrons. The minimum atomic E-state index is 1.14. The van der Waals surface area contributed by atoms with E-state index in [2.05, 4.69) is 276 Å². The quantitative estimate of drug-likeness (QED) is 0.144. The molecule has 68 heavy (non-hydrogen) atoms. The molecule has 2 aromatic heterocycles. The molecule has 2 heteroatoms. The first-order valence-electron chi connectivity index (χ1n) is 23.4. The number of hydrogen-bond donors (Lipinski definition) is 0. The van der Waals surface area contributed by atoms with Gasteiger partial charge in [-0.3, -0.25) is 0 Å². The van der Waals surface area contributed by atoms with Gasteiger partial charge in [-0.05, 0) is 146 Å². The lowest BCUT2D eigenvalue weighted by Crippen LogP contribution is -1.94. The molecule has 2 nitrogen and oxygen atoms in total. The van der Waals surface area contributed by atoms with Crippen LogP contribution in [0.4, 0.5) is 0 Å². The van der Waals surface area contributed by atoms with Crippen LogP contribution in [-0.2, 0) is 0 Å². The molecule has 0 aliphatic carbocycles. The summed E-state index contributed by atoms with van der Waals surface area (Å²) in [6.07, 6.45) is 0. The molecule has 0 N–H and O–H groups in total. The Morgan fingerprint density at radius 1 is 0.162 bits per heavy atom. The highest BCUT2D eigenvalue weighted by molar-refractivity contribution is 6.12. The first-order valence-corrected chi connectivity index (χ1v) is 23.4. The van der Waals surface area contributed by atoms with E-state index in [1.54, 1.807) is 0 Å². The van der Waals surface area contributed by atoms with Gasteiger partial charge in [0, 0.05) is 32.9 Å². The van der Waals surface area contributed by atoms with Gasteiger partial charge in [0.25, 0.3) is 0 Å². The van der Waals surface area contributed by atoms with Crippen LogP contribution in [0.2, 0.25) is 0 Å². The molecule has 0 aliphatic heterocycles. The van der Waals surface area contributed by atoms with Crippen LogP contribution in [0.25, 0.3) is 122 Å². The molecule has 0 spiro atoms. The van der Waals surface area contributed by atoms with Crippen molar-refractivity contribution < 1.29 is 0 Å². The summed E-state index contributed by atoms with van der Waals surface area (Å²) in [6, 6.07) is 97.3. The van der Waals surface area contributed by atoms with Gasteiger partial charge in [-0.1, -0.05) is 188 Å². The summed E-state index contributed by atoms with van der Waals surface area (Å²) in [7, 11) is 0. The Morgan fingerprint density at radius 3 is 0.897 bits per heavy atom. The normalized spacial score (nSPS) is 11.5. The van der Waals surface area contributed by atoms with E-state index in [-0.39, 0.29) is 0 Å². The average Bonchev–Trinajstić information content (AvgIpc) is 3.94. The van der Waals surface area contributed by atoms with Crippen molar-refractivity contribution in [2.75, 3.05) is 0 Å². The maximum Gasteiger partial charge on any atom is 0.0541 e. The molecule has 0 unspecified atom stereocenters. The monoisotopic (exact) mass is 864 g/mol. The predicted octanol–water partition coefficient (Wildman–Crippen LogP) is 17.9. The van der Waals surface area contributed by atoms with Gasteiger partial charge < -0.3 is 9.13 Å². The Morgan fingerprint density at radius 2 is 0.441 bits per heavy atom. The Labute approximate surface area is 395 Å². The third kappa shape index (κ3) is 6.90. The Bertz CT molecular complexity index is 3990. The van der Waals surface area contributed by atoms with Crippen LogP contribution in [0.15, 0.2) is 267 Å². The first-order chi connectivity index (χ1) is 33.7. The summed E-state index contributed by atoms with van der Waals surface area (Å²) < 4.78 is 4.78. The fourth-order valence-corrected chi connectivity index (χ4v) is 10.4. The first kappa shape index (κ1) is 39.4. The van der Waals surface area contributed by atoms with Gasteiger partial charge in [0.05, 0.1) is 22.1 Å². The summed E-state index contributed by atoms with van der Waals surface area (Å²) in [5.74, 6) is 0. The van der Waals surface area contributed by atoms with E-state index >= 15 is 0 Å². The number of rotatable bonds is 8. The molecule has 318 valence electrons. The van der Waals surface area contributed by atoms with E-state index in [1.165, 1.54) is 116 Å². The number of benzene rings is 11. The van der Waals surface area contributed by atoms with E-state index in [4.69, 9.17) is 0 Å². The zero-order valence-corrected chi connectivity index (χ0v) is 37.3. The van der Waals surface area contributed by atoms with Crippen molar-refractivity contribution in [1.29, 1.82) is 0 Å². The standard InChI is InChI=1S/C66H44N2/c1-3-14-45(15-4-1)49-16-11-18-51(40-49)53-20-13-21-54(42-53)52-19-12-17-50(41-52)48-30-28-46(29-31-48)47-32-36-58(37-33-47)68-64-27-10-8-25-60(64)62-44-56(35-39-66(62)68)55-34-38-65-61(43-55)59-24-7-9-26-63(59)67(65)57-22-5-2-6-23-57/h1-44H. The average molecular weight is 865 g/mol. The van der Waals surface area contributed by atoms with Crippen molar-refractivity contribution in [2.24, 2.45) is 0 Å². The van der Waals surface area contributed by atoms with Crippen LogP contribution in [-0.4, -0.2) is 9.13 Å². The van der Waals surface area contributed by atoms with Crippen molar-refractivity contribution in [3.8, 4) is 78.1 Å². The van der Waals surface area contributed by atoms with Gasteiger partial charge >= 0.3 is 0 Å². The Balaban J connectivity index is 0.781. The fraction of sp³-hybridized carbons (Fsp3) is 0. The van der Waals surface area contributed by atoms with E-state index in [1.807, 2.05) is 0 Å². The molecule has 0 bridgehead atoms. The highest BCUT2D eigenvalue weighted by Gasteiger charge is 2.16. The van der Waals surface area contributed by atoms with Crippen molar-refractivity contribution in [3.05, 3.63) is 267 Å². The summed E-state index contributed by atoms with van der Waals surface area (Å²) in [6.45, 7) is 0. The van der Waals surface area contributed by atoms with Crippen LogP contribution >= 0.6 is 0 Å². The Hall–Kier alpha value is -8.98. The van der Waals surface area contributed by atoms with Gasteiger partial charge in [-0.25, -0.2) is 0 Å². The number of hydrogen-bond acceptors (Lipinski definition) is 0. The molecule has 0 atom stereocenters. The molecule has 2 heterocycles. The van der Waals surface area contributed by atoms with Crippen LogP contribution in [0.3, 0.4) is 0 Å². The summed E-state index contributed by atoms with van der Waals surface area (Å²) >= 11 is 0. The molecule has 13 rings (SSSR count). The minimum absolute atomic E-state index is 1.14. The van der Waals surface area contributed by atoms with Crippen LogP contribution in [0.1, 0.15) is 0 Å².